The van der Waals surface area contributed by atoms with Crippen molar-refractivity contribution in [2.24, 2.45) is 0 Å². The van der Waals surface area contributed by atoms with Crippen LogP contribution in [0, 0.1) is 5.82 Å². The maximum Gasteiger partial charge on any atom is 0.416 e. The molecule has 3 aromatic rings. The second-order valence-electron chi connectivity index (χ2n) is 8.56. The number of halogens is 4. The van der Waals surface area contributed by atoms with Crippen molar-refractivity contribution >= 4 is 40.5 Å². The van der Waals surface area contributed by atoms with Crippen molar-refractivity contribution in [1.29, 1.82) is 0 Å². The van der Waals surface area contributed by atoms with Crippen LogP contribution in [0.3, 0.4) is 0 Å². The molecule has 1 saturated heterocycles. The van der Waals surface area contributed by atoms with E-state index in [0.29, 0.717) is 25.1 Å². The summed E-state index contributed by atoms with van der Waals surface area (Å²) in [5.41, 5.74) is 0.511. The largest absolute Gasteiger partial charge is 0.416 e. The number of carbonyl (C=O) groups excluding carboxylic acids is 2. The highest BCUT2D eigenvalue weighted by Crippen LogP contribution is 2.34. The van der Waals surface area contributed by atoms with Gasteiger partial charge in [-0.25, -0.2) is 4.39 Å². The topological polar surface area (TPSA) is 52.7 Å². The van der Waals surface area contributed by atoms with Crippen molar-refractivity contribution in [2.75, 3.05) is 16.8 Å². The fourth-order valence-corrected chi connectivity index (χ4v) is 4.58. The van der Waals surface area contributed by atoms with Crippen LogP contribution in [0.4, 0.5) is 28.9 Å². The first-order valence-corrected chi connectivity index (χ1v) is 12.0. The van der Waals surface area contributed by atoms with Gasteiger partial charge in [-0.05, 0) is 73.1 Å². The first-order valence-electron chi connectivity index (χ1n) is 11.5. The van der Waals surface area contributed by atoms with E-state index in [4.69, 9.17) is 12.2 Å². The highest BCUT2D eigenvalue weighted by Gasteiger charge is 2.44. The maximum atomic E-state index is 13.4. The normalized spacial score (nSPS) is 15.8. The minimum absolute atomic E-state index is 0.0145. The average molecular weight is 530 g/mol. The third-order valence-corrected chi connectivity index (χ3v) is 6.38. The molecule has 3 aromatic carbocycles. The molecule has 1 aliphatic heterocycles. The maximum absolute atomic E-state index is 13.4. The zero-order chi connectivity index (χ0) is 26.6. The Balaban J connectivity index is 1.56. The summed E-state index contributed by atoms with van der Waals surface area (Å²) in [5.74, 6) is -1.55. The highest BCUT2D eigenvalue weighted by atomic mass is 32.1. The van der Waals surface area contributed by atoms with Gasteiger partial charge in [0.2, 0.25) is 5.91 Å². The fraction of sp³-hybridized carbons (Fsp3) is 0.222. The van der Waals surface area contributed by atoms with Crippen LogP contribution in [0.15, 0.2) is 78.9 Å². The predicted octanol–water partition coefficient (Wildman–Crippen LogP) is 5.81. The van der Waals surface area contributed by atoms with Crippen molar-refractivity contribution in [1.82, 2.24) is 4.90 Å². The van der Waals surface area contributed by atoms with Crippen LogP contribution in [-0.2, 0) is 22.2 Å². The van der Waals surface area contributed by atoms with Gasteiger partial charge in [-0.2, -0.15) is 13.2 Å². The lowest BCUT2D eigenvalue weighted by Gasteiger charge is -2.24. The van der Waals surface area contributed by atoms with Gasteiger partial charge in [0.15, 0.2) is 5.11 Å². The quantitative estimate of drug-likeness (QED) is 0.296. The number of thiocarbonyl (C=S) groups is 1. The molecule has 1 fully saturated rings. The van der Waals surface area contributed by atoms with E-state index in [1.807, 2.05) is 30.3 Å². The second-order valence-corrected chi connectivity index (χ2v) is 8.93. The Labute approximate surface area is 216 Å². The molecule has 192 valence electrons. The van der Waals surface area contributed by atoms with E-state index in [9.17, 15) is 27.2 Å². The molecule has 10 heteroatoms. The number of benzene rings is 3. The summed E-state index contributed by atoms with van der Waals surface area (Å²) in [7, 11) is 0. The second kappa shape index (κ2) is 11.1. The molecular weight excluding hydrogens is 506 g/mol. The molecule has 1 atom stereocenters. The molecule has 1 N–H and O–H groups in total. The van der Waals surface area contributed by atoms with Crippen LogP contribution >= 0.6 is 12.2 Å². The van der Waals surface area contributed by atoms with Crippen molar-refractivity contribution in [3.8, 4) is 0 Å². The van der Waals surface area contributed by atoms with Gasteiger partial charge >= 0.3 is 6.18 Å². The third kappa shape index (κ3) is 6.32. The Bertz CT molecular complexity index is 1280. The Morgan fingerprint density at radius 1 is 0.973 bits per heavy atom. The molecule has 0 spiro atoms. The molecule has 0 bridgehead atoms. The molecule has 1 heterocycles. The first-order chi connectivity index (χ1) is 17.6. The first kappa shape index (κ1) is 26.3. The van der Waals surface area contributed by atoms with E-state index in [1.165, 1.54) is 36.4 Å². The summed E-state index contributed by atoms with van der Waals surface area (Å²) in [5, 5.41) is 2.66. The van der Waals surface area contributed by atoms with E-state index in [-0.39, 0.29) is 17.2 Å². The number of nitrogens with one attached hydrogen (secondary N) is 1. The Hall–Kier alpha value is -3.79. The SMILES string of the molecule is O=C(CC1C(=O)N(c2cccc(C(F)(F)F)c2)C(=S)N1CCCc1ccccc1)Nc1ccc(F)cc1. The zero-order valence-corrected chi connectivity index (χ0v) is 20.4. The van der Waals surface area contributed by atoms with E-state index < -0.39 is 35.4 Å². The predicted molar refractivity (Wildman–Crippen MR) is 136 cm³/mol. The van der Waals surface area contributed by atoms with Crippen molar-refractivity contribution in [3.63, 3.8) is 0 Å². The molecule has 1 unspecified atom stereocenters. The number of carbonyl (C=O) groups is 2. The molecular formula is C27H23F4N3O2S. The molecule has 2 amide bonds. The number of nitrogens with zero attached hydrogens (tertiary/aromatic N) is 2. The molecule has 0 aliphatic carbocycles. The molecule has 4 rings (SSSR count). The lowest BCUT2D eigenvalue weighted by Crippen LogP contribution is -2.38. The number of amides is 2. The molecule has 1 aliphatic rings. The van der Waals surface area contributed by atoms with E-state index in [2.05, 4.69) is 5.32 Å². The number of hydrogen-bond acceptors (Lipinski definition) is 3. The van der Waals surface area contributed by atoms with Gasteiger partial charge in [0.25, 0.3) is 5.91 Å². The van der Waals surface area contributed by atoms with E-state index in [1.54, 1.807) is 4.90 Å². The molecule has 5 nitrogen and oxygen atoms in total. The number of aryl methyl sites for hydroxylation is 1. The number of alkyl halides is 3. The Morgan fingerprint density at radius 3 is 2.35 bits per heavy atom. The smallest absolute Gasteiger partial charge is 0.336 e. The van der Waals surface area contributed by atoms with E-state index >= 15 is 0 Å². The summed E-state index contributed by atoms with van der Waals surface area (Å²) < 4.78 is 53.1. The molecule has 0 saturated carbocycles. The fourth-order valence-electron chi connectivity index (χ4n) is 4.17. The molecule has 37 heavy (non-hydrogen) atoms. The lowest BCUT2D eigenvalue weighted by atomic mass is 10.1. The van der Waals surface area contributed by atoms with Gasteiger partial charge in [0, 0.05) is 12.2 Å². The monoisotopic (exact) mass is 529 g/mol. The van der Waals surface area contributed by atoms with Gasteiger partial charge < -0.3 is 10.2 Å². The van der Waals surface area contributed by atoms with Crippen LogP contribution < -0.4 is 10.2 Å². The summed E-state index contributed by atoms with van der Waals surface area (Å²) in [4.78, 5) is 28.9. The van der Waals surface area contributed by atoms with E-state index in [0.717, 1.165) is 22.6 Å². The van der Waals surface area contributed by atoms with Crippen LogP contribution in [0.1, 0.15) is 24.0 Å². The Kier molecular flexibility index (Phi) is 7.87. The highest BCUT2D eigenvalue weighted by molar-refractivity contribution is 7.80. The van der Waals surface area contributed by atoms with Crippen LogP contribution in [-0.4, -0.2) is 34.4 Å². The minimum atomic E-state index is -4.59. The van der Waals surface area contributed by atoms with Gasteiger partial charge in [-0.15, -0.1) is 0 Å². The van der Waals surface area contributed by atoms with Crippen LogP contribution in [0.5, 0.6) is 0 Å². The Morgan fingerprint density at radius 2 is 1.68 bits per heavy atom. The van der Waals surface area contributed by atoms with Crippen LogP contribution in [0.2, 0.25) is 0 Å². The van der Waals surface area contributed by atoms with Crippen molar-refractivity contribution in [3.05, 3.63) is 95.8 Å². The standard InChI is InChI=1S/C27H23F4N3O2S/c28-20-11-13-21(14-12-20)32-24(35)17-23-25(36)34(22-10-4-9-19(16-22)27(29,30)31)26(37)33(23)15-5-8-18-6-2-1-3-7-18/h1-4,6-7,9-14,16,23H,5,8,15,17H2,(H,32,35). The van der Waals surface area contributed by atoms with Crippen molar-refractivity contribution in [2.45, 2.75) is 31.5 Å². The minimum Gasteiger partial charge on any atom is -0.336 e. The summed E-state index contributed by atoms with van der Waals surface area (Å²) in [6.45, 7) is 0.323. The van der Waals surface area contributed by atoms with Gasteiger partial charge in [0.05, 0.1) is 17.7 Å². The summed E-state index contributed by atoms with van der Waals surface area (Å²) >= 11 is 5.54. The summed E-state index contributed by atoms with van der Waals surface area (Å²) in [6, 6.07) is 18.2. The third-order valence-electron chi connectivity index (χ3n) is 5.96. The molecule has 0 radical (unpaired) electrons. The number of rotatable bonds is 8. The zero-order valence-electron chi connectivity index (χ0n) is 19.5. The van der Waals surface area contributed by atoms with Gasteiger partial charge in [-0.3, -0.25) is 14.5 Å². The van der Waals surface area contributed by atoms with Crippen molar-refractivity contribution < 1.29 is 27.2 Å². The average Bonchev–Trinajstić information content (AvgIpc) is 3.09. The van der Waals surface area contributed by atoms with Gasteiger partial charge in [0.1, 0.15) is 11.9 Å². The molecule has 0 aromatic heterocycles. The number of hydrogen-bond donors (Lipinski definition) is 1. The lowest BCUT2D eigenvalue weighted by molar-refractivity contribution is -0.137. The van der Waals surface area contributed by atoms with Crippen LogP contribution in [0.25, 0.3) is 0 Å². The summed E-state index contributed by atoms with van der Waals surface area (Å²) in [6.07, 6.45) is -3.59. The van der Waals surface area contributed by atoms with Gasteiger partial charge in [-0.1, -0.05) is 36.4 Å². The number of anilines is 2.